The van der Waals surface area contributed by atoms with Gasteiger partial charge in [-0.1, -0.05) is 19.1 Å². The highest BCUT2D eigenvalue weighted by molar-refractivity contribution is 7.92. The molecule has 1 aliphatic carbocycles. The van der Waals surface area contributed by atoms with Crippen molar-refractivity contribution >= 4 is 9.84 Å². The number of sulfone groups is 1. The van der Waals surface area contributed by atoms with Gasteiger partial charge in [0.1, 0.15) is 5.82 Å². The Morgan fingerprint density at radius 3 is 2.38 bits per heavy atom. The zero-order chi connectivity index (χ0) is 15.7. The van der Waals surface area contributed by atoms with Crippen molar-refractivity contribution in [2.45, 2.75) is 25.0 Å². The molecule has 1 aliphatic rings. The van der Waals surface area contributed by atoms with Crippen LogP contribution in [0.1, 0.15) is 25.3 Å². The first kappa shape index (κ1) is 16.4. The maximum Gasteiger partial charge on any atom is 0.154 e. The first-order valence-electron chi connectivity index (χ1n) is 7.17. The van der Waals surface area contributed by atoms with Crippen LogP contribution in [0.4, 0.5) is 4.39 Å². The van der Waals surface area contributed by atoms with E-state index < -0.39 is 20.5 Å². The molecule has 0 saturated heterocycles. The van der Waals surface area contributed by atoms with Crippen LogP contribution in [0.3, 0.4) is 0 Å². The second-order valence-electron chi connectivity index (χ2n) is 5.48. The minimum atomic E-state index is -3.24. The predicted molar refractivity (Wildman–Crippen MR) is 80.4 cm³/mol. The van der Waals surface area contributed by atoms with E-state index in [1.165, 1.54) is 12.1 Å². The van der Waals surface area contributed by atoms with Gasteiger partial charge in [-0.05, 0) is 24.6 Å². The van der Waals surface area contributed by atoms with Crippen LogP contribution >= 0.6 is 0 Å². The number of halogens is 1. The van der Waals surface area contributed by atoms with Crippen molar-refractivity contribution in [3.05, 3.63) is 35.6 Å². The zero-order valence-corrected chi connectivity index (χ0v) is 13.2. The normalized spacial score (nSPS) is 28.6. The summed E-state index contributed by atoms with van der Waals surface area (Å²) in [7, 11) is -3.24. The van der Waals surface area contributed by atoms with Crippen LogP contribution in [0.15, 0.2) is 24.3 Å². The quantitative estimate of drug-likeness (QED) is 0.831. The molecular weight excluding hydrogens is 293 g/mol. The Labute approximate surface area is 125 Å². The number of rotatable bonds is 7. The van der Waals surface area contributed by atoms with Gasteiger partial charge in [-0.25, -0.2) is 12.8 Å². The maximum absolute atomic E-state index is 13.1. The van der Waals surface area contributed by atoms with Gasteiger partial charge in [0.05, 0.1) is 11.9 Å². The molecule has 1 fully saturated rings. The summed E-state index contributed by atoms with van der Waals surface area (Å²) >= 11 is 0. The molecular formula is C15H22FNO3S. The van der Waals surface area contributed by atoms with E-state index in [-0.39, 0.29) is 24.0 Å². The summed E-state index contributed by atoms with van der Waals surface area (Å²) in [6.45, 7) is 4.56. The molecule has 0 unspecified atom stereocenters. The van der Waals surface area contributed by atoms with E-state index >= 15 is 0 Å². The molecule has 1 aromatic rings. The summed E-state index contributed by atoms with van der Waals surface area (Å²) in [6, 6.07) is 5.99. The van der Waals surface area contributed by atoms with Crippen LogP contribution < -0.4 is 5.73 Å². The van der Waals surface area contributed by atoms with Gasteiger partial charge < -0.3 is 10.5 Å². The number of hydrogen-bond acceptors (Lipinski definition) is 4. The smallest absolute Gasteiger partial charge is 0.154 e. The molecule has 1 aromatic carbocycles. The SMILES string of the molecule is CCOC[C@]1(CN)[C@@H](c2ccc(F)cc2)[C@@H]1S(=O)(=O)CC. The number of benzene rings is 1. The van der Waals surface area contributed by atoms with Gasteiger partial charge in [0.2, 0.25) is 0 Å². The monoisotopic (exact) mass is 315 g/mol. The molecule has 0 spiro atoms. The van der Waals surface area contributed by atoms with Crippen LogP contribution in [-0.2, 0) is 14.6 Å². The lowest BCUT2D eigenvalue weighted by atomic mass is 10.00. The molecule has 0 aliphatic heterocycles. The van der Waals surface area contributed by atoms with E-state index in [1.54, 1.807) is 19.1 Å². The number of nitrogens with two attached hydrogens (primary N) is 1. The van der Waals surface area contributed by atoms with Gasteiger partial charge >= 0.3 is 0 Å². The Balaban J connectivity index is 2.38. The average Bonchev–Trinajstić information content (AvgIpc) is 3.16. The highest BCUT2D eigenvalue weighted by Crippen LogP contribution is 2.62. The summed E-state index contributed by atoms with van der Waals surface area (Å²) in [5.41, 5.74) is 6.10. The Morgan fingerprint density at radius 1 is 1.29 bits per heavy atom. The van der Waals surface area contributed by atoms with Gasteiger partial charge in [-0.15, -0.1) is 0 Å². The lowest BCUT2D eigenvalue weighted by molar-refractivity contribution is 0.101. The van der Waals surface area contributed by atoms with E-state index in [2.05, 4.69) is 0 Å². The van der Waals surface area contributed by atoms with Gasteiger partial charge in [0.25, 0.3) is 0 Å². The number of hydrogen-bond donors (Lipinski definition) is 1. The Kier molecular flexibility index (Phi) is 4.70. The molecule has 0 amide bonds. The zero-order valence-electron chi connectivity index (χ0n) is 12.4. The first-order valence-corrected chi connectivity index (χ1v) is 8.89. The Morgan fingerprint density at radius 2 is 1.90 bits per heavy atom. The molecule has 3 atom stereocenters. The lowest BCUT2D eigenvalue weighted by Crippen LogP contribution is -2.29. The fraction of sp³-hybridized carbons (Fsp3) is 0.600. The fourth-order valence-electron chi connectivity index (χ4n) is 3.14. The van der Waals surface area contributed by atoms with Crippen LogP contribution in [0, 0.1) is 11.2 Å². The van der Waals surface area contributed by atoms with Gasteiger partial charge in [0, 0.05) is 30.2 Å². The van der Waals surface area contributed by atoms with Crippen molar-refractivity contribution in [3.63, 3.8) is 0 Å². The van der Waals surface area contributed by atoms with Crippen molar-refractivity contribution in [1.29, 1.82) is 0 Å². The summed E-state index contributed by atoms with van der Waals surface area (Å²) in [6.07, 6.45) is 0. The second kappa shape index (κ2) is 6.02. The predicted octanol–water partition coefficient (Wildman–Crippen LogP) is 1.71. The Bertz CT molecular complexity index is 587. The van der Waals surface area contributed by atoms with Crippen molar-refractivity contribution in [2.24, 2.45) is 11.1 Å². The molecule has 1 saturated carbocycles. The highest BCUT2D eigenvalue weighted by atomic mass is 32.2. The molecule has 0 aromatic heterocycles. The molecule has 0 heterocycles. The molecule has 0 radical (unpaired) electrons. The third-order valence-corrected chi connectivity index (χ3v) is 6.67. The van der Waals surface area contributed by atoms with E-state index in [9.17, 15) is 12.8 Å². The van der Waals surface area contributed by atoms with Crippen LogP contribution in [0.2, 0.25) is 0 Å². The van der Waals surface area contributed by atoms with E-state index in [0.717, 1.165) is 5.56 Å². The van der Waals surface area contributed by atoms with Crippen LogP contribution in [0.5, 0.6) is 0 Å². The molecule has 118 valence electrons. The Hall–Kier alpha value is -0.980. The third-order valence-electron chi connectivity index (χ3n) is 4.35. The van der Waals surface area contributed by atoms with Crippen molar-refractivity contribution in [3.8, 4) is 0 Å². The largest absolute Gasteiger partial charge is 0.381 e. The van der Waals surface area contributed by atoms with E-state index in [0.29, 0.717) is 13.2 Å². The minimum Gasteiger partial charge on any atom is -0.381 e. The molecule has 2 N–H and O–H groups in total. The van der Waals surface area contributed by atoms with Crippen molar-refractivity contribution < 1.29 is 17.5 Å². The molecule has 21 heavy (non-hydrogen) atoms. The first-order chi connectivity index (χ1) is 9.93. The van der Waals surface area contributed by atoms with Gasteiger partial charge in [-0.3, -0.25) is 0 Å². The van der Waals surface area contributed by atoms with Gasteiger partial charge in [0.15, 0.2) is 9.84 Å². The molecule has 0 bridgehead atoms. The average molecular weight is 315 g/mol. The number of ether oxygens (including phenoxy) is 1. The van der Waals surface area contributed by atoms with Crippen LogP contribution in [-0.4, -0.2) is 39.2 Å². The second-order valence-corrected chi connectivity index (χ2v) is 7.89. The van der Waals surface area contributed by atoms with Gasteiger partial charge in [-0.2, -0.15) is 0 Å². The van der Waals surface area contributed by atoms with E-state index in [4.69, 9.17) is 10.5 Å². The van der Waals surface area contributed by atoms with Crippen molar-refractivity contribution in [1.82, 2.24) is 0 Å². The summed E-state index contributed by atoms with van der Waals surface area (Å²) < 4.78 is 43.3. The lowest BCUT2D eigenvalue weighted by Gasteiger charge is -2.15. The maximum atomic E-state index is 13.1. The summed E-state index contributed by atoms with van der Waals surface area (Å²) in [5, 5.41) is -0.544. The van der Waals surface area contributed by atoms with E-state index in [1.807, 2.05) is 6.92 Å². The van der Waals surface area contributed by atoms with Crippen molar-refractivity contribution in [2.75, 3.05) is 25.5 Å². The summed E-state index contributed by atoms with van der Waals surface area (Å²) in [4.78, 5) is 0. The summed E-state index contributed by atoms with van der Waals surface area (Å²) in [5.74, 6) is -0.486. The molecule has 4 nitrogen and oxygen atoms in total. The third kappa shape index (κ3) is 2.84. The topological polar surface area (TPSA) is 69.4 Å². The van der Waals surface area contributed by atoms with Crippen LogP contribution in [0.25, 0.3) is 0 Å². The highest BCUT2D eigenvalue weighted by Gasteiger charge is 2.69. The standard InChI is InChI=1S/C15H22FNO3S/c1-3-20-10-15(9-17)13(14(15)21(18,19)4-2)11-5-7-12(16)8-6-11/h5-8,13-14H,3-4,9-10,17H2,1-2H3/t13-,14-,15+/m0/s1. The molecule has 6 heteroatoms. The fourth-order valence-corrected chi connectivity index (χ4v) is 5.29. The molecule has 2 rings (SSSR count). The minimum absolute atomic E-state index is 0.0727.